The van der Waals surface area contributed by atoms with Crippen LogP contribution in [0.3, 0.4) is 0 Å². The monoisotopic (exact) mass is 187 g/mol. The van der Waals surface area contributed by atoms with E-state index < -0.39 is 0 Å². The Morgan fingerprint density at radius 1 is 1.00 bits per heavy atom. The van der Waals surface area contributed by atoms with Gasteiger partial charge in [-0.1, -0.05) is 12.2 Å². The largest absolute Gasteiger partial charge is 0.103 e. The summed E-state index contributed by atoms with van der Waals surface area (Å²) in [5.41, 5.74) is 0. The minimum atomic E-state index is 0. The fraction of sp³-hybridized carbons (Fsp3) is 0.333. The maximum Gasteiger partial charge on any atom is 0 e. The summed E-state index contributed by atoms with van der Waals surface area (Å²) >= 11 is 0. The van der Waals surface area contributed by atoms with Gasteiger partial charge in [0.2, 0.25) is 0 Å². The van der Waals surface area contributed by atoms with Crippen molar-refractivity contribution in [2.24, 2.45) is 0 Å². The topological polar surface area (TPSA) is 0 Å². The summed E-state index contributed by atoms with van der Waals surface area (Å²) in [4.78, 5) is 0. The Kier molecular flexibility index (Phi) is 80.7. The van der Waals surface area contributed by atoms with Gasteiger partial charge >= 0.3 is 0 Å². The van der Waals surface area contributed by atoms with E-state index in [-0.39, 0.29) is 19.5 Å². The third kappa shape index (κ3) is 9620. The minimum Gasteiger partial charge on any atom is -0.103 e. The van der Waals surface area contributed by atoms with Crippen LogP contribution in [0.1, 0.15) is 13.8 Å². The van der Waals surface area contributed by atoms with E-state index in [1.807, 2.05) is 13.8 Å². The van der Waals surface area contributed by atoms with Crippen molar-refractivity contribution in [2.75, 3.05) is 0 Å². The number of hydrogen-bond acceptors (Lipinski definition) is 0. The molecule has 0 saturated carbocycles. The number of allylic oxidation sites excluding steroid dienone is 2. The molecule has 0 aromatic heterocycles. The first-order valence-corrected chi connectivity index (χ1v) is 1.97. The second kappa shape index (κ2) is 35.9. The van der Waals surface area contributed by atoms with E-state index in [0.717, 1.165) is 0 Å². The van der Waals surface area contributed by atoms with Gasteiger partial charge in [0.1, 0.15) is 0 Å². The van der Waals surface area contributed by atoms with Gasteiger partial charge in [-0.25, -0.2) is 0 Å². The van der Waals surface area contributed by atoms with Gasteiger partial charge in [0.05, 0.1) is 0 Å². The summed E-state index contributed by atoms with van der Waals surface area (Å²) in [6.45, 7) is 10.5. The van der Waals surface area contributed by atoms with Crippen molar-refractivity contribution in [3.63, 3.8) is 0 Å². The SMILES string of the molecule is C=CC.C=CC.[Rh]. The van der Waals surface area contributed by atoms with Crippen molar-refractivity contribution >= 4 is 0 Å². The third-order valence-electron chi connectivity index (χ3n) is 0. The fourth-order valence-electron chi connectivity index (χ4n) is 0. The molecule has 0 aromatic rings. The van der Waals surface area contributed by atoms with Crippen LogP contribution in [0.25, 0.3) is 0 Å². The number of rotatable bonds is 0. The molecule has 0 N–H and O–H groups in total. The zero-order valence-corrected chi connectivity index (χ0v) is 6.54. The molecule has 0 aliphatic carbocycles. The molecule has 0 aliphatic heterocycles. The van der Waals surface area contributed by atoms with Crippen molar-refractivity contribution in [3.05, 3.63) is 25.3 Å². The molecular formula is C6H12Rh. The average Bonchev–Trinajstić information content (AvgIpc) is 1.39. The van der Waals surface area contributed by atoms with Crippen LogP contribution < -0.4 is 0 Å². The van der Waals surface area contributed by atoms with Gasteiger partial charge in [-0.3, -0.25) is 0 Å². The molecule has 0 aliphatic rings. The Bertz CT molecular complexity index is 25.2. The van der Waals surface area contributed by atoms with Crippen LogP contribution in [0.2, 0.25) is 0 Å². The maximum atomic E-state index is 3.36. The molecule has 0 amide bonds. The quantitative estimate of drug-likeness (QED) is 0.403. The predicted octanol–water partition coefficient (Wildman–Crippen LogP) is 2.38. The Balaban J connectivity index is -0.0000000400. The minimum absolute atomic E-state index is 0. The van der Waals surface area contributed by atoms with Crippen molar-refractivity contribution in [1.82, 2.24) is 0 Å². The second-order valence-corrected chi connectivity index (χ2v) is 0.816. The molecule has 0 nitrogen and oxygen atoms in total. The molecular weight excluding hydrogens is 175 g/mol. The fourth-order valence-corrected chi connectivity index (χ4v) is 0. The molecule has 0 aromatic carbocycles. The molecule has 0 heterocycles. The smallest absolute Gasteiger partial charge is 0 e. The Morgan fingerprint density at radius 3 is 1.00 bits per heavy atom. The molecule has 0 unspecified atom stereocenters. The molecule has 0 atom stereocenters. The van der Waals surface area contributed by atoms with E-state index >= 15 is 0 Å². The molecule has 0 bridgehead atoms. The molecule has 0 spiro atoms. The summed E-state index contributed by atoms with van der Waals surface area (Å²) < 4.78 is 0. The van der Waals surface area contributed by atoms with Crippen LogP contribution in [0.15, 0.2) is 25.3 Å². The summed E-state index contributed by atoms with van der Waals surface area (Å²) in [5.74, 6) is 0. The van der Waals surface area contributed by atoms with Crippen LogP contribution in [0.4, 0.5) is 0 Å². The summed E-state index contributed by atoms with van der Waals surface area (Å²) in [6.07, 6.45) is 3.50. The van der Waals surface area contributed by atoms with E-state index in [0.29, 0.717) is 0 Å². The standard InChI is InChI=1S/2C3H6.Rh/c2*1-3-2;/h2*3H,1H2,2H3;. The maximum absolute atomic E-state index is 3.36. The average molecular weight is 187 g/mol. The Labute approximate surface area is 59.1 Å². The summed E-state index contributed by atoms with van der Waals surface area (Å²) in [6, 6.07) is 0. The molecule has 0 fully saturated rings. The van der Waals surface area contributed by atoms with E-state index in [9.17, 15) is 0 Å². The first kappa shape index (κ1) is 15.7. The van der Waals surface area contributed by atoms with E-state index in [2.05, 4.69) is 13.2 Å². The van der Waals surface area contributed by atoms with Crippen molar-refractivity contribution in [2.45, 2.75) is 13.8 Å². The zero-order chi connectivity index (χ0) is 5.41. The van der Waals surface area contributed by atoms with Crippen molar-refractivity contribution in [1.29, 1.82) is 0 Å². The first-order valence-electron chi connectivity index (χ1n) is 1.97. The normalized spacial score (nSPS) is 3.71. The van der Waals surface area contributed by atoms with Crippen LogP contribution in [0.5, 0.6) is 0 Å². The van der Waals surface area contributed by atoms with Crippen LogP contribution in [-0.4, -0.2) is 0 Å². The van der Waals surface area contributed by atoms with Gasteiger partial charge in [0, 0.05) is 19.5 Å². The molecule has 0 saturated heterocycles. The zero-order valence-electron chi connectivity index (χ0n) is 4.90. The summed E-state index contributed by atoms with van der Waals surface area (Å²) in [7, 11) is 0. The van der Waals surface area contributed by atoms with Gasteiger partial charge in [0.25, 0.3) is 0 Å². The van der Waals surface area contributed by atoms with E-state index in [1.54, 1.807) is 12.2 Å². The van der Waals surface area contributed by atoms with Gasteiger partial charge in [-0.05, 0) is 13.8 Å². The van der Waals surface area contributed by atoms with Gasteiger partial charge in [0.15, 0.2) is 0 Å². The molecule has 1 heteroatoms. The van der Waals surface area contributed by atoms with Crippen LogP contribution in [-0.2, 0) is 19.5 Å². The Morgan fingerprint density at radius 2 is 1.00 bits per heavy atom. The van der Waals surface area contributed by atoms with E-state index in [4.69, 9.17) is 0 Å². The molecule has 1 radical (unpaired) electrons. The van der Waals surface area contributed by atoms with Crippen LogP contribution in [0, 0.1) is 0 Å². The van der Waals surface area contributed by atoms with E-state index in [1.165, 1.54) is 0 Å². The summed E-state index contributed by atoms with van der Waals surface area (Å²) in [5, 5.41) is 0. The van der Waals surface area contributed by atoms with Crippen molar-refractivity contribution < 1.29 is 19.5 Å². The number of hydrogen-bond donors (Lipinski definition) is 0. The second-order valence-electron chi connectivity index (χ2n) is 0.816. The molecule has 0 rings (SSSR count). The molecule has 45 valence electrons. The first-order chi connectivity index (χ1) is 2.83. The Hall–Kier alpha value is 0.103. The third-order valence-corrected chi connectivity index (χ3v) is 0. The van der Waals surface area contributed by atoms with Gasteiger partial charge in [-0.15, -0.1) is 13.2 Å². The van der Waals surface area contributed by atoms with Crippen molar-refractivity contribution in [3.8, 4) is 0 Å². The van der Waals surface area contributed by atoms with Gasteiger partial charge in [-0.2, -0.15) is 0 Å². The molecule has 7 heavy (non-hydrogen) atoms. The van der Waals surface area contributed by atoms with Crippen LogP contribution >= 0.6 is 0 Å². The van der Waals surface area contributed by atoms with Gasteiger partial charge < -0.3 is 0 Å². The predicted molar refractivity (Wildman–Crippen MR) is 31.7 cm³/mol.